The Morgan fingerprint density at radius 2 is 1.81 bits per heavy atom. The van der Waals surface area contributed by atoms with Crippen LogP contribution in [0.2, 0.25) is 0 Å². The number of fused-ring (bicyclic) bond motifs is 1. The Kier molecular flexibility index (Phi) is 6.09. The fourth-order valence-electron chi connectivity index (χ4n) is 3.50. The van der Waals surface area contributed by atoms with E-state index in [1.807, 2.05) is 94.4 Å². The summed E-state index contributed by atoms with van der Waals surface area (Å²) in [5.74, 6) is 0.893. The van der Waals surface area contributed by atoms with Crippen molar-refractivity contribution in [2.45, 2.75) is 6.42 Å². The van der Waals surface area contributed by atoms with Crippen molar-refractivity contribution in [3.8, 4) is 11.3 Å². The Balaban J connectivity index is 1.62. The van der Waals surface area contributed by atoms with Gasteiger partial charge in [0.05, 0.1) is 23.6 Å². The van der Waals surface area contributed by atoms with E-state index < -0.39 is 0 Å². The van der Waals surface area contributed by atoms with Crippen LogP contribution >= 0.6 is 0 Å². The summed E-state index contributed by atoms with van der Waals surface area (Å²) < 4.78 is 2.07. The Morgan fingerprint density at radius 1 is 1.03 bits per heavy atom. The molecule has 0 saturated carbocycles. The molecule has 1 aliphatic rings. The summed E-state index contributed by atoms with van der Waals surface area (Å²) in [4.78, 5) is 25.9. The number of hydrogen-bond acceptors (Lipinski definition) is 4. The molecule has 0 radical (unpaired) electrons. The highest BCUT2D eigenvalue weighted by molar-refractivity contribution is 5.97. The third-order valence-electron chi connectivity index (χ3n) is 5.35. The molecule has 0 fully saturated rings. The Morgan fingerprint density at radius 3 is 2.58 bits per heavy atom. The highest BCUT2D eigenvalue weighted by Crippen LogP contribution is 2.25. The second-order valence-corrected chi connectivity index (χ2v) is 7.97. The van der Waals surface area contributed by atoms with Crippen molar-refractivity contribution in [2.75, 3.05) is 34.2 Å². The Bertz CT molecular complexity index is 1170. The number of imidazole rings is 1. The van der Waals surface area contributed by atoms with E-state index >= 15 is 0 Å². The normalized spacial score (nSPS) is 13.8. The van der Waals surface area contributed by atoms with E-state index in [1.165, 1.54) is 0 Å². The van der Waals surface area contributed by atoms with Gasteiger partial charge in [-0.2, -0.15) is 0 Å². The van der Waals surface area contributed by atoms with Gasteiger partial charge in [0.2, 0.25) is 0 Å². The maximum atomic E-state index is 12.8. The van der Waals surface area contributed by atoms with Gasteiger partial charge in [-0.25, -0.2) is 4.98 Å². The third-order valence-corrected chi connectivity index (χ3v) is 5.35. The molecule has 0 bridgehead atoms. The lowest BCUT2D eigenvalue weighted by atomic mass is 10.1. The lowest BCUT2D eigenvalue weighted by molar-refractivity contribution is -0.125. The molecule has 1 amide bonds. The maximum Gasteiger partial charge on any atom is 0.253 e. The van der Waals surface area contributed by atoms with Crippen molar-refractivity contribution >= 4 is 17.0 Å². The molecule has 0 aliphatic heterocycles. The Labute approximate surface area is 182 Å². The van der Waals surface area contributed by atoms with E-state index in [1.54, 1.807) is 4.90 Å². The second-order valence-electron chi connectivity index (χ2n) is 7.97. The average Bonchev–Trinajstić information content (AvgIpc) is 3.06. The smallest absolute Gasteiger partial charge is 0.253 e. The van der Waals surface area contributed by atoms with Crippen LogP contribution in [0.3, 0.4) is 0 Å². The number of nitrogens with zero attached hydrogens (tertiary/aromatic N) is 5. The summed E-state index contributed by atoms with van der Waals surface area (Å²) in [5.41, 5.74) is 4.63. The van der Waals surface area contributed by atoms with Crippen LogP contribution in [-0.2, 0) is 4.79 Å². The largest absolute Gasteiger partial charge is 0.340 e. The zero-order valence-corrected chi connectivity index (χ0v) is 18.2. The van der Waals surface area contributed by atoms with Crippen molar-refractivity contribution in [2.24, 2.45) is 0 Å². The van der Waals surface area contributed by atoms with Crippen molar-refractivity contribution in [3.63, 3.8) is 0 Å². The summed E-state index contributed by atoms with van der Waals surface area (Å²) in [6, 6.07) is 10.1. The molecular weight excluding hydrogens is 386 g/mol. The summed E-state index contributed by atoms with van der Waals surface area (Å²) in [5, 5.41) is 0. The van der Waals surface area contributed by atoms with Crippen LogP contribution in [0.5, 0.6) is 0 Å². The SMILES string of the molecule is CN(C)CCN(C)C(=O)C1=CC=C(c2ncc3cnc(-c4ccccc4)cn23)CC=C1. The quantitative estimate of drug-likeness (QED) is 0.619. The first-order valence-corrected chi connectivity index (χ1v) is 10.4. The van der Waals surface area contributed by atoms with Gasteiger partial charge in [0, 0.05) is 37.5 Å². The molecule has 4 rings (SSSR count). The van der Waals surface area contributed by atoms with Crippen LogP contribution in [-0.4, -0.2) is 64.3 Å². The summed E-state index contributed by atoms with van der Waals surface area (Å²) in [6.45, 7) is 1.52. The molecule has 1 aliphatic carbocycles. The number of rotatable bonds is 6. The summed E-state index contributed by atoms with van der Waals surface area (Å²) in [7, 11) is 5.85. The summed E-state index contributed by atoms with van der Waals surface area (Å²) >= 11 is 0. The first-order chi connectivity index (χ1) is 15.0. The molecule has 0 unspecified atom stereocenters. The minimum atomic E-state index is 0.0270. The van der Waals surface area contributed by atoms with Crippen molar-refractivity contribution in [1.29, 1.82) is 0 Å². The molecule has 6 heteroatoms. The molecule has 6 nitrogen and oxygen atoms in total. The lowest BCUT2D eigenvalue weighted by Crippen LogP contribution is -2.34. The minimum absolute atomic E-state index is 0.0270. The highest BCUT2D eigenvalue weighted by atomic mass is 16.2. The highest BCUT2D eigenvalue weighted by Gasteiger charge is 2.15. The van der Waals surface area contributed by atoms with Crippen molar-refractivity contribution in [3.05, 3.63) is 84.6 Å². The number of carbonyl (C=O) groups is 1. The predicted octanol–water partition coefficient (Wildman–Crippen LogP) is 3.69. The number of aromatic nitrogens is 3. The first-order valence-electron chi connectivity index (χ1n) is 10.4. The van der Waals surface area contributed by atoms with Crippen LogP contribution in [0, 0.1) is 0 Å². The van der Waals surface area contributed by atoms with Crippen LogP contribution < -0.4 is 0 Å². The van der Waals surface area contributed by atoms with Gasteiger partial charge in [0.15, 0.2) is 0 Å². The van der Waals surface area contributed by atoms with Gasteiger partial charge in [-0.05, 0) is 32.2 Å². The van der Waals surface area contributed by atoms with Crippen LogP contribution in [0.1, 0.15) is 12.2 Å². The van der Waals surface area contributed by atoms with E-state index in [9.17, 15) is 4.79 Å². The van der Waals surface area contributed by atoms with E-state index in [4.69, 9.17) is 0 Å². The fourth-order valence-corrected chi connectivity index (χ4v) is 3.50. The molecule has 31 heavy (non-hydrogen) atoms. The topological polar surface area (TPSA) is 53.7 Å². The Hall–Kier alpha value is -3.51. The van der Waals surface area contributed by atoms with E-state index in [0.717, 1.165) is 34.7 Å². The molecule has 0 saturated heterocycles. The zero-order chi connectivity index (χ0) is 21.8. The van der Waals surface area contributed by atoms with Crippen molar-refractivity contribution < 1.29 is 4.79 Å². The molecule has 158 valence electrons. The lowest BCUT2D eigenvalue weighted by Gasteiger charge is -2.19. The van der Waals surface area contributed by atoms with Gasteiger partial charge in [0.25, 0.3) is 5.91 Å². The van der Waals surface area contributed by atoms with Gasteiger partial charge in [-0.3, -0.25) is 14.2 Å². The van der Waals surface area contributed by atoms with E-state index in [0.29, 0.717) is 18.5 Å². The number of carbonyl (C=O) groups excluding carboxylic acids is 1. The second kappa shape index (κ2) is 9.10. The number of benzene rings is 1. The van der Waals surface area contributed by atoms with Gasteiger partial charge in [0.1, 0.15) is 5.82 Å². The molecule has 2 aromatic heterocycles. The number of amides is 1. The van der Waals surface area contributed by atoms with Gasteiger partial charge < -0.3 is 9.80 Å². The molecule has 0 atom stereocenters. The zero-order valence-electron chi connectivity index (χ0n) is 18.2. The monoisotopic (exact) mass is 413 g/mol. The number of likely N-dealkylation sites (N-methyl/N-ethyl adjacent to an activating group) is 2. The van der Waals surface area contributed by atoms with Crippen LogP contribution in [0.15, 0.2) is 78.8 Å². The summed E-state index contributed by atoms with van der Waals surface area (Å²) in [6.07, 6.45) is 14.2. The third kappa shape index (κ3) is 4.64. The molecule has 0 spiro atoms. The first kappa shape index (κ1) is 20.8. The van der Waals surface area contributed by atoms with Crippen molar-refractivity contribution in [1.82, 2.24) is 24.2 Å². The van der Waals surface area contributed by atoms with Gasteiger partial charge in [-0.15, -0.1) is 0 Å². The molecular formula is C25H27N5O. The standard InChI is InChI=1S/C25H27N5O/c1-28(2)14-15-29(3)25(31)21-11-7-10-20(12-13-21)24-27-17-22-16-26-23(18-30(22)24)19-8-5-4-6-9-19/h4-9,11-13,16-18H,10,14-15H2,1-3H3. The van der Waals surface area contributed by atoms with E-state index in [-0.39, 0.29) is 5.91 Å². The van der Waals surface area contributed by atoms with Gasteiger partial charge in [-0.1, -0.05) is 48.6 Å². The predicted molar refractivity (Wildman–Crippen MR) is 124 cm³/mol. The van der Waals surface area contributed by atoms with Gasteiger partial charge >= 0.3 is 0 Å². The number of hydrogen-bond donors (Lipinski definition) is 0. The molecule has 2 heterocycles. The van der Waals surface area contributed by atoms with Crippen LogP contribution in [0.4, 0.5) is 0 Å². The van der Waals surface area contributed by atoms with E-state index in [2.05, 4.69) is 19.3 Å². The number of allylic oxidation sites excluding steroid dienone is 4. The minimum Gasteiger partial charge on any atom is -0.340 e. The molecule has 3 aromatic rings. The maximum absolute atomic E-state index is 12.8. The molecule has 1 aromatic carbocycles. The average molecular weight is 414 g/mol. The van der Waals surface area contributed by atoms with Crippen LogP contribution in [0.25, 0.3) is 22.3 Å². The fraction of sp³-hybridized carbons (Fsp3) is 0.240. The molecule has 0 N–H and O–H groups in total.